The van der Waals surface area contributed by atoms with Crippen LogP contribution in [0.5, 0.6) is 0 Å². The Bertz CT molecular complexity index is 2290. The third-order valence-electron chi connectivity index (χ3n) is 7.40. The predicted octanol–water partition coefficient (Wildman–Crippen LogP) is 4.33. The van der Waals surface area contributed by atoms with E-state index in [0.29, 0.717) is 0 Å². The zero-order chi connectivity index (χ0) is 37.2. The molecule has 0 bridgehead atoms. The molecule has 4 aromatic rings. The third-order valence-corrected chi connectivity index (χ3v) is 12.7. The SMILES string of the molecule is C=C(c1ccc(NC(=O)c2ccc(S(=O)(=O)CC)cc2)cc1S(=O)(=O)O)c1ccc(NC(=O)c2ccc(S(=O)(=O)CC)cc2)cc1S(=O)(=O)O. The summed E-state index contributed by atoms with van der Waals surface area (Å²) in [5.41, 5.74) is -1.05. The minimum absolute atomic E-state index is 0.00405. The normalized spacial score (nSPS) is 12.2. The van der Waals surface area contributed by atoms with Crippen LogP contribution in [0.4, 0.5) is 11.4 Å². The molecule has 0 heterocycles. The van der Waals surface area contributed by atoms with E-state index in [1.54, 1.807) is 0 Å². The maximum absolute atomic E-state index is 12.8. The van der Waals surface area contributed by atoms with Gasteiger partial charge in [-0.1, -0.05) is 32.6 Å². The van der Waals surface area contributed by atoms with Crippen LogP contribution in [0.1, 0.15) is 45.7 Å². The largest absolute Gasteiger partial charge is 0.322 e. The zero-order valence-corrected chi connectivity index (χ0v) is 29.6. The number of rotatable bonds is 12. The molecule has 0 radical (unpaired) electrons. The summed E-state index contributed by atoms with van der Waals surface area (Å²) in [6.45, 7) is 6.70. The van der Waals surface area contributed by atoms with Gasteiger partial charge >= 0.3 is 0 Å². The van der Waals surface area contributed by atoms with Gasteiger partial charge in [0, 0.05) is 33.6 Å². The first-order valence-electron chi connectivity index (χ1n) is 14.4. The molecule has 4 aromatic carbocycles. The lowest BCUT2D eigenvalue weighted by atomic mass is 9.98. The lowest BCUT2D eigenvalue weighted by Crippen LogP contribution is -2.14. The summed E-state index contributed by atoms with van der Waals surface area (Å²) in [4.78, 5) is 24.1. The number of benzene rings is 4. The van der Waals surface area contributed by atoms with Crippen molar-refractivity contribution in [2.45, 2.75) is 33.4 Å². The average Bonchev–Trinajstić information content (AvgIpc) is 3.07. The molecule has 0 fully saturated rings. The van der Waals surface area contributed by atoms with Crippen LogP contribution in [0, 0.1) is 0 Å². The Morgan fingerprint density at radius 3 is 1.16 bits per heavy atom. The molecule has 4 N–H and O–H groups in total. The van der Waals surface area contributed by atoms with Crippen molar-refractivity contribution < 1.29 is 52.4 Å². The fourth-order valence-corrected chi connectivity index (χ4v) is 7.90. The van der Waals surface area contributed by atoms with Crippen LogP contribution in [-0.4, -0.2) is 66.1 Å². The number of carbonyl (C=O) groups excluding carboxylic acids is 2. The molecule has 0 atom stereocenters. The highest BCUT2D eigenvalue weighted by Crippen LogP contribution is 2.34. The fourth-order valence-electron chi connectivity index (χ4n) is 4.64. The van der Waals surface area contributed by atoms with Crippen molar-refractivity contribution in [3.63, 3.8) is 0 Å². The summed E-state index contributed by atoms with van der Waals surface area (Å²) in [5, 5.41) is 4.87. The number of hydrogen-bond donors (Lipinski definition) is 4. The molecular weight excluding hydrogens is 733 g/mol. The van der Waals surface area contributed by atoms with Gasteiger partial charge in [0.05, 0.1) is 21.3 Å². The highest BCUT2D eigenvalue weighted by atomic mass is 32.2. The minimum atomic E-state index is -5.04. The molecular formula is C32H30N2O12S4. The standard InChI is InChI=1S/C32H30N2O12S4/c1-4-47(37,38)25-12-6-21(7-13-25)31(35)33-23-10-16-27(29(18-23)49(41,42)43)20(3)28-17-11-24(19-30(28)50(44,45)46)34-32(36)22-8-14-26(15-9-22)48(39,40)5-2/h6-19H,3-5H2,1-2H3,(H,33,35)(H,34,36)(H,41,42,43)(H,44,45,46). The second kappa shape index (κ2) is 14.3. The molecule has 0 aliphatic carbocycles. The molecule has 0 aliphatic rings. The summed E-state index contributed by atoms with van der Waals surface area (Å²) in [6.07, 6.45) is 0. The number of sulfone groups is 2. The Morgan fingerprint density at radius 2 is 0.880 bits per heavy atom. The number of nitrogens with one attached hydrogen (secondary N) is 2. The van der Waals surface area contributed by atoms with E-state index in [0.717, 1.165) is 24.3 Å². The molecule has 0 spiro atoms. The molecule has 0 saturated carbocycles. The number of anilines is 2. The van der Waals surface area contributed by atoms with E-state index in [4.69, 9.17) is 0 Å². The highest BCUT2D eigenvalue weighted by Gasteiger charge is 2.25. The van der Waals surface area contributed by atoms with Crippen LogP contribution in [-0.2, 0) is 39.9 Å². The Balaban J connectivity index is 1.65. The zero-order valence-electron chi connectivity index (χ0n) is 26.3. The Labute approximate surface area is 289 Å². The van der Waals surface area contributed by atoms with Crippen LogP contribution in [0.3, 0.4) is 0 Å². The molecule has 0 aliphatic heterocycles. The maximum Gasteiger partial charge on any atom is 0.295 e. The topological polar surface area (TPSA) is 235 Å². The van der Waals surface area contributed by atoms with Gasteiger partial charge in [-0.25, -0.2) is 16.8 Å². The van der Waals surface area contributed by atoms with Crippen LogP contribution >= 0.6 is 0 Å². The van der Waals surface area contributed by atoms with Crippen LogP contribution in [0.25, 0.3) is 5.57 Å². The van der Waals surface area contributed by atoms with Crippen molar-refractivity contribution in [3.8, 4) is 0 Å². The molecule has 14 nitrogen and oxygen atoms in total. The van der Waals surface area contributed by atoms with Gasteiger partial charge in [-0.15, -0.1) is 0 Å². The van der Waals surface area contributed by atoms with Crippen LogP contribution in [0.2, 0.25) is 0 Å². The van der Waals surface area contributed by atoms with Crippen LogP contribution < -0.4 is 10.6 Å². The van der Waals surface area contributed by atoms with E-state index in [9.17, 15) is 52.4 Å². The molecule has 2 amide bonds. The first-order chi connectivity index (χ1) is 23.2. The average molecular weight is 763 g/mol. The lowest BCUT2D eigenvalue weighted by molar-refractivity contribution is 0.101. The minimum Gasteiger partial charge on any atom is -0.322 e. The van der Waals surface area contributed by atoms with Crippen LogP contribution in [0.15, 0.2) is 111 Å². The molecule has 50 heavy (non-hydrogen) atoms. The van der Waals surface area contributed by atoms with Gasteiger partial charge in [0.15, 0.2) is 19.7 Å². The quantitative estimate of drug-likeness (QED) is 0.148. The van der Waals surface area contributed by atoms with Crippen molar-refractivity contribution in [1.29, 1.82) is 0 Å². The van der Waals surface area contributed by atoms with Gasteiger partial charge in [0.1, 0.15) is 9.79 Å². The van der Waals surface area contributed by atoms with Crippen molar-refractivity contribution in [2.24, 2.45) is 0 Å². The van der Waals surface area contributed by atoms with Crippen molar-refractivity contribution in [3.05, 3.63) is 114 Å². The molecule has 18 heteroatoms. The van der Waals surface area contributed by atoms with Crippen molar-refractivity contribution in [1.82, 2.24) is 0 Å². The second-order valence-electron chi connectivity index (χ2n) is 10.6. The van der Waals surface area contributed by atoms with Crippen molar-refractivity contribution in [2.75, 3.05) is 22.1 Å². The van der Waals surface area contributed by atoms with E-state index >= 15 is 0 Å². The lowest BCUT2D eigenvalue weighted by Gasteiger charge is -2.16. The van der Waals surface area contributed by atoms with E-state index < -0.39 is 61.5 Å². The van der Waals surface area contributed by atoms with Gasteiger partial charge in [-0.05, 0) is 78.4 Å². The monoisotopic (exact) mass is 762 g/mol. The fraction of sp³-hybridized carbons (Fsp3) is 0.125. The first-order valence-corrected chi connectivity index (χ1v) is 20.6. The third kappa shape index (κ3) is 8.52. The number of hydrogen-bond acceptors (Lipinski definition) is 10. The Morgan fingerprint density at radius 1 is 0.560 bits per heavy atom. The van der Waals surface area contributed by atoms with Gasteiger partial charge < -0.3 is 10.6 Å². The van der Waals surface area contributed by atoms with Gasteiger partial charge in [0.25, 0.3) is 32.1 Å². The van der Waals surface area contributed by atoms with E-state index in [2.05, 4.69) is 17.2 Å². The molecule has 4 rings (SSSR count). The number of amides is 2. The van der Waals surface area contributed by atoms with Crippen molar-refractivity contribution >= 4 is 68.7 Å². The summed E-state index contributed by atoms with van der Waals surface area (Å²) in [5.74, 6) is -1.78. The van der Waals surface area contributed by atoms with E-state index in [-0.39, 0.29) is 60.5 Å². The summed E-state index contributed by atoms with van der Waals surface area (Å²) >= 11 is 0. The second-order valence-corrected chi connectivity index (χ2v) is 18.0. The summed E-state index contributed by atoms with van der Waals surface area (Å²) < 4.78 is 118. The maximum atomic E-state index is 12.8. The van der Waals surface area contributed by atoms with E-state index in [1.807, 2.05) is 0 Å². The number of carbonyl (C=O) groups is 2. The Hall–Kier alpha value is -4.72. The smallest absolute Gasteiger partial charge is 0.295 e. The predicted molar refractivity (Wildman–Crippen MR) is 185 cm³/mol. The summed E-state index contributed by atoms with van der Waals surface area (Å²) in [7, 11) is -17.1. The molecule has 0 unspecified atom stereocenters. The summed E-state index contributed by atoms with van der Waals surface area (Å²) in [6, 6.07) is 16.5. The Kier molecular flexibility index (Phi) is 10.9. The van der Waals surface area contributed by atoms with Gasteiger partial charge in [-0.2, -0.15) is 16.8 Å². The van der Waals surface area contributed by atoms with Gasteiger partial charge in [-0.3, -0.25) is 18.7 Å². The highest BCUT2D eigenvalue weighted by molar-refractivity contribution is 7.91. The molecule has 0 aromatic heterocycles. The first kappa shape index (κ1) is 38.1. The van der Waals surface area contributed by atoms with Gasteiger partial charge in [0.2, 0.25) is 0 Å². The molecule has 0 saturated heterocycles. The van der Waals surface area contributed by atoms with E-state index in [1.165, 1.54) is 74.5 Å². The molecule has 264 valence electrons.